The fourth-order valence-corrected chi connectivity index (χ4v) is 4.25. The van der Waals surface area contributed by atoms with Crippen molar-refractivity contribution in [2.45, 2.75) is 25.9 Å². The van der Waals surface area contributed by atoms with Crippen LogP contribution in [0.2, 0.25) is 0 Å². The first-order valence-electron chi connectivity index (χ1n) is 12.3. The summed E-state index contributed by atoms with van der Waals surface area (Å²) in [6.45, 7) is 2.44. The lowest BCUT2D eigenvalue weighted by molar-refractivity contribution is -0.860. The van der Waals surface area contributed by atoms with Crippen molar-refractivity contribution in [2.24, 2.45) is 0 Å². The van der Waals surface area contributed by atoms with Crippen LogP contribution in [0.4, 0.5) is 23.4 Å². The zero-order valence-corrected chi connectivity index (χ0v) is 21.6. The Kier molecular flexibility index (Phi) is 8.35. The zero-order valence-electron chi connectivity index (χ0n) is 21.6. The summed E-state index contributed by atoms with van der Waals surface area (Å²) in [4.78, 5) is 44.0. The van der Waals surface area contributed by atoms with E-state index in [1.807, 2.05) is 6.92 Å². The van der Waals surface area contributed by atoms with Crippen molar-refractivity contribution in [3.05, 3.63) is 81.2 Å². The van der Waals surface area contributed by atoms with E-state index in [0.29, 0.717) is 28.0 Å². The number of H-pyrrole nitrogens is 1. The van der Waals surface area contributed by atoms with Crippen molar-refractivity contribution >= 4 is 17.7 Å². The van der Waals surface area contributed by atoms with Crippen molar-refractivity contribution < 1.29 is 41.5 Å². The maximum Gasteiger partial charge on any atom is 0.495 e. The lowest BCUT2D eigenvalue weighted by Crippen LogP contribution is -2.57. The van der Waals surface area contributed by atoms with E-state index in [9.17, 15) is 31.9 Å². The van der Waals surface area contributed by atoms with Gasteiger partial charge in [-0.05, 0) is 41.0 Å². The number of nitrogens with zero attached hydrogens (tertiary/aromatic N) is 4. The number of benzene rings is 1. The third kappa shape index (κ3) is 6.38. The molecule has 0 radical (unpaired) electrons. The van der Waals surface area contributed by atoms with Crippen molar-refractivity contribution in [1.29, 1.82) is 0 Å². The first-order chi connectivity index (χ1) is 19.0. The van der Waals surface area contributed by atoms with Crippen molar-refractivity contribution in [2.75, 3.05) is 38.2 Å². The van der Waals surface area contributed by atoms with Crippen LogP contribution in [0.15, 0.2) is 47.4 Å². The minimum Gasteiger partial charge on any atom is -0.493 e. The van der Waals surface area contributed by atoms with Crippen LogP contribution in [-0.4, -0.2) is 66.4 Å². The Morgan fingerprint density at radius 3 is 2.48 bits per heavy atom. The third-order valence-corrected chi connectivity index (χ3v) is 6.37. The van der Waals surface area contributed by atoms with Crippen LogP contribution in [0, 0.1) is 5.82 Å². The number of amides is 1. The highest BCUT2D eigenvalue weighted by Gasteiger charge is 2.44. The molecule has 4 rings (SSSR count). The molecule has 40 heavy (non-hydrogen) atoms. The Bertz CT molecular complexity index is 1470. The Morgan fingerprint density at radius 2 is 1.82 bits per heavy atom. The largest absolute Gasteiger partial charge is 0.495 e. The summed E-state index contributed by atoms with van der Waals surface area (Å²) >= 11 is 0. The Labute approximate surface area is 225 Å². The molecule has 1 fully saturated rings. The number of aromatic amines is 1. The van der Waals surface area contributed by atoms with Crippen LogP contribution in [-0.2, 0) is 17.6 Å². The monoisotopic (exact) mass is 564 g/mol. The number of carbonyl (C=O) groups is 2. The van der Waals surface area contributed by atoms with Gasteiger partial charge in [0.25, 0.3) is 11.5 Å². The summed E-state index contributed by atoms with van der Waals surface area (Å²) in [6, 6.07) is 8.76. The Hall–Kier alpha value is -4.49. The fourth-order valence-electron chi connectivity index (χ4n) is 4.25. The molecule has 0 unspecified atom stereocenters. The van der Waals surface area contributed by atoms with Crippen molar-refractivity contribution in [3.63, 3.8) is 0 Å². The molecule has 10 nitrogen and oxygen atoms in total. The normalized spacial score (nSPS) is 13.8. The molecule has 1 aliphatic heterocycles. The van der Waals surface area contributed by atoms with E-state index in [4.69, 9.17) is 4.74 Å². The van der Waals surface area contributed by atoms with Gasteiger partial charge >= 0.3 is 18.0 Å². The van der Waals surface area contributed by atoms with Crippen molar-refractivity contribution in [1.82, 2.24) is 15.1 Å². The number of halogens is 4. The zero-order chi connectivity index (χ0) is 29.0. The van der Waals surface area contributed by atoms with Gasteiger partial charge < -0.3 is 9.64 Å². The second-order valence-corrected chi connectivity index (χ2v) is 8.97. The average molecular weight is 565 g/mol. The summed E-state index contributed by atoms with van der Waals surface area (Å²) in [7, 11) is 1.31. The molecule has 0 bridgehead atoms. The molecule has 1 N–H and O–H groups in total. The molecule has 0 aliphatic carbocycles. The van der Waals surface area contributed by atoms with Crippen LogP contribution in [0.25, 0.3) is 0 Å². The topological polar surface area (TPSA) is 109 Å². The van der Waals surface area contributed by atoms with Crippen LogP contribution in [0.3, 0.4) is 0 Å². The number of ether oxygens (including phenoxy) is 1. The number of piperazine rings is 1. The number of nitrogens with one attached hydrogen (secondary N) is 1. The predicted octanol–water partition coefficient (Wildman–Crippen LogP) is 1.84. The number of methoxy groups -OCH3 is 1. The molecule has 0 saturated carbocycles. The molecular weight excluding hydrogens is 538 g/mol. The number of hydrogen-bond acceptors (Lipinski definition) is 7. The summed E-state index contributed by atoms with van der Waals surface area (Å²) in [5.74, 6) is -3.36. The SMILES string of the molecule is CCc1cc(Cc2ccc(F)c(C(=O)N3CCN(c4ccc(OC)c[n+]4OC(=O)C(F)(F)F)CC3)c2)n[nH]c1=O. The quantitative estimate of drug-likeness (QED) is 0.345. The molecule has 3 heterocycles. The Morgan fingerprint density at radius 1 is 1.10 bits per heavy atom. The van der Waals surface area contributed by atoms with Gasteiger partial charge in [0.15, 0.2) is 11.9 Å². The number of aromatic nitrogens is 3. The molecular formula is C26H26F4N5O5+. The summed E-state index contributed by atoms with van der Waals surface area (Å²) < 4.78 is 58.8. The first kappa shape index (κ1) is 28.5. The lowest BCUT2D eigenvalue weighted by Gasteiger charge is -2.31. The molecule has 1 saturated heterocycles. The van der Waals surface area contributed by atoms with Gasteiger partial charge in [-0.15, -0.1) is 0 Å². The van der Waals surface area contributed by atoms with E-state index in [-0.39, 0.29) is 55.3 Å². The van der Waals surface area contributed by atoms with E-state index in [2.05, 4.69) is 15.0 Å². The van der Waals surface area contributed by atoms with E-state index in [1.54, 1.807) is 11.0 Å². The third-order valence-electron chi connectivity index (χ3n) is 6.37. The van der Waals surface area contributed by atoms with Gasteiger partial charge in [-0.1, -0.05) is 13.0 Å². The van der Waals surface area contributed by atoms with Crippen LogP contribution in [0.1, 0.15) is 34.1 Å². The average Bonchev–Trinajstić information content (AvgIpc) is 2.94. The van der Waals surface area contributed by atoms with E-state index >= 15 is 0 Å². The number of hydrogen-bond donors (Lipinski definition) is 1. The first-order valence-corrected chi connectivity index (χ1v) is 12.3. The molecule has 3 aromatic rings. The van der Waals surface area contributed by atoms with Gasteiger partial charge in [0.2, 0.25) is 0 Å². The molecule has 0 atom stereocenters. The van der Waals surface area contributed by atoms with Crippen molar-refractivity contribution in [3.8, 4) is 5.75 Å². The number of aryl methyl sites for hydroxylation is 1. The molecule has 1 aliphatic rings. The van der Waals surface area contributed by atoms with E-state index < -0.39 is 23.9 Å². The standard InChI is InChI=1S/C26H25F4N5O5/c1-3-17-14-18(31-32-23(17)36)12-16-4-6-21(27)20(13-16)24(37)34-10-8-33(9-11-34)22-7-5-19(39-2)15-35(22)40-25(38)26(28,29)30/h4-7,13-15H,3,8-12H2,1-2H3/p+1. The highest BCUT2D eigenvalue weighted by atomic mass is 19.4. The maximum atomic E-state index is 14.7. The minimum atomic E-state index is -5.21. The second-order valence-electron chi connectivity index (χ2n) is 8.97. The summed E-state index contributed by atoms with van der Waals surface area (Å²) in [5.41, 5.74) is 1.33. The van der Waals surface area contributed by atoms with E-state index in [0.717, 1.165) is 6.20 Å². The maximum absolute atomic E-state index is 14.7. The number of pyridine rings is 1. The van der Waals surface area contributed by atoms with Gasteiger partial charge in [0.05, 0.1) is 31.5 Å². The number of carbonyl (C=O) groups excluding carboxylic acids is 2. The fraction of sp³-hybridized carbons (Fsp3) is 0.346. The number of anilines is 1. The van der Waals surface area contributed by atoms with E-state index in [1.165, 1.54) is 42.3 Å². The molecule has 212 valence electrons. The predicted molar refractivity (Wildman–Crippen MR) is 132 cm³/mol. The minimum absolute atomic E-state index is 0.128. The van der Waals surface area contributed by atoms with Gasteiger partial charge in [-0.2, -0.15) is 18.3 Å². The second kappa shape index (κ2) is 11.7. The summed E-state index contributed by atoms with van der Waals surface area (Å²) in [6.07, 6.45) is -3.32. The Balaban J connectivity index is 1.48. The lowest BCUT2D eigenvalue weighted by atomic mass is 10.0. The van der Waals surface area contributed by atoms with Gasteiger partial charge in [0.1, 0.15) is 18.9 Å². The molecule has 2 aromatic heterocycles. The number of rotatable bonds is 7. The van der Waals surface area contributed by atoms with Crippen LogP contribution in [0.5, 0.6) is 5.75 Å². The van der Waals surface area contributed by atoms with Gasteiger partial charge in [-0.25, -0.2) is 19.1 Å². The number of alkyl halides is 3. The molecule has 0 spiro atoms. The van der Waals surface area contributed by atoms with Crippen LogP contribution >= 0.6 is 0 Å². The highest BCUT2D eigenvalue weighted by Crippen LogP contribution is 2.20. The molecule has 1 aromatic carbocycles. The van der Waals surface area contributed by atoms with Crippen LogP contribution < -0.4 is 24.8 Å². The molecule has 14 heteroatoms. The van der Waals surface area contributed by atoms with Gasteiger partial charge in [-0.3, -0.25) is 14.5 Å². The van der Waals surface area contributed by atoms with Gasteiger partial charge in [0, 0.05) is 18.1 Å². The summed E-state index contributed by atoms with van der Waals surface area (Å²) in [5, 5.41) is 6.45. The molecule has 1 amide bonds. The smallest absolute Gasteiger partial charge is 0.493 e. The highest BCUT2D eigenvalue weighted by molar-refractivity contribution is 5.95.